The molecule has 1 saturated heterocycles. The van der Waals surface area contributed by atoms with E-state index in [1.54, 1.807) is 18.6 Å². The number of aromatic nitrogens is 12. The predicted octanol–water partition coefficient (Wildman–Crippen LogP) is 14.2. The maximum atomic E-state index is 4.67. The van der Waals surface area contributed by atoms with Gasteiger partial charge in [-0.2, -0.15) is 10.2 Å². The maximum Gasteiger partial charge on any atom is 0.138 e. The van der Waals surface area contributed by atoms with Gasteiger partial charge < -0.3 is 15.3 Å². The van der Waals surface area contributed by atoms with Gasteiger partial charge in [0.2, 0.25) is 0 Å². The minimum atomic E-state index is 0.813. The van der Waals surface area contributed by atoms with Gasteiger partial charge in [-0.25, -0.2) is 9.97 Å². The zero-order valence-electron chi connectivity index (χ0n) is 42.7. The van der Waals surface area contributed by atoms with Crippen LogP contribution in [-0.4, -0.2) is 78.3 Å². The highest BCUT2D eigenvalue weighted by Crippen LogP contribution is 2.37. The van der Waals surface area contributed by atoms with Crippen LogP contribution in [0.15, 0.2) is 196 Å². The normalized spacial score (nSPS) is 12.4. The van der Waals surface area contributed by atoms with Crippen molar-refractivity contribution >= 4 is 55.3 Å². The van der Waals surface area contributed by atoms with Gasteiger partial charge in [0.05, 0.1) is 34.3 Å². The van der Waals surface area contributed by atoms with E-state index in [9.17, 15) is 0 Å². The molecule has 11 heterocycles. The van der Waals surface area contributed by atoms with E-state index in [0.717, 1.165) is 135 Å². The van der Waals surface area contributed by atoms with E-state index in [1.807, 2.05) is 130 Å². The molecule has 5 N–H and O–H groups in total. The number of fused-ring (bicyclic) bond motifs is 4. The van der Waals surface area contributed by atoms with Crippen molar-refractivity contribution in [2.45, 2.75) is 33.2 Å². The van der Waals surface area contributed by atoms with E-state index in [0.29, 0.717) is 0 Å². The Hall–Kier alpha value is -9.92. The molecule has 0 amide bonds. The molecular formula is C63H54N14. The van der Waals surface area contributed by atoms with E-state index >= 15 is 0 Å². The third kappa shape index (κ3) is 9.96. The Labute approximate surface area is 444 Å². The van der Waals surface area contributed by atoms with Crippen LogP contribution in [0.2, 0.25) is 0 Å². The summed E-state index contributed by atoms with van der Waals surface area (Å²) in [5.74, 6) is 0. The summed E-state index contributed by atoms with van der Waals surface area (Å²) in [4.78, 5) is 35.9. The molecule has 3 aromatic carbocycles. The zero-order chi connectivity index (χ0) is 52.1. The number of hydrogen-bond acceptors (Lipinski definition) is 10. The van der Waals surface area contributed by atoms with Gasteiger partial charge in [0.15, 0.2) is 0 Å². The number of nitrogens with zero attached hydrogens (tertiary/aromatic N) is 9. The first kappa shape index (κ1) is 48.0. The van der Waals surface area contributed by atoms with Gasteiger partial charge >= 0.3 is 0 Å². The summed E-state index contributed by atoms with van der Waals surface area (Å²) in [6, 6.07) is 43.4. The number of aromatic amines is 4. The summed E-state index contributed by atoms with van der Waals surface area (Å²) in [6.07, 6.45) is 21.1. The fraction of sp³-hybridized carbons (Fsp3) is 0.111. The topological polar surface area (TPSA) is 182 Å². The highest BCUT2D eigenvalue weighted by molar-refractivity contribution is 6.02. The Bertz CT molecular complexity index is 4170. The van der Waals surface area contributed by atoms with Crippen LogP contribution in [-0.2, 0) is 6.54 Å². The molecule has 10 aromatic heterocycles. The van der Waals surface area contributed by atoms with Crippen LogP contribution in [0.3, 0.4) is 0 Å². The number of nitrogens with one attached hydrogen (secondary N) is 5. The first-order chi connectivity index (χ1) is 38.0. The molecule has 13 aromatic rings. The van der Waals surface area contributed by atoms with Crippen LogP contribution in [0.1, 0.15) is 37.8 Å². The lowest BCUT2D eigenvalue weighted by atomic mass is 10.0. The van der Waals surface area contributed by atoms with Gasteiger partial charge in [-0.1, -0.05) is 62.9 Å². The molecule has 0 saturated carbocycles. The van der Waals surface area contributed by atoms with Gasteiger partial charge in [0, 0.05) is 101 Å². The largest absolute Gasteiger partial charge is 0.354 e. The van der Waals surface area contributed by atoms with E-state index in [4.69, 9.17) is 0 Å². The SMILES string of the molecule is C=C(Nc1cncc(-c2ccc3[nH]nc(-c4cc5c(-c6ccncc6)ccnc5[nH]4)c3c2)c1)c1ccccc1.CC.c1cc(-c2ccnc3[nH]c(-c4n[nH]c5ccc(-c6cncc(CN7CCCC7)c6)cc45)cc23)ccn1. The lowest BCUT2D eigenvalue weighted by Gasteiger charge is -2.14. The molecule has 0 unspecified atom stereocenters. The lowest BCUT2D eigenvalue weighted by molar-refractivity contribution is 0.331. The number of benzene rings is 3. The van der Waals surface area contributed by atoms with Crippen molar-refractivity contribution in [1.29, 1.82) is 0 Å². The molecule has 0 atom stereocenters. The Morgan fingerprint density at radius 2 is 1.04 bits per heavy atom. The highest BCUT2D eigenvalue weighted by Gasteiger charge is 2.18. The minimum Gasteiger partial charge on any atom is -0.354 e. The first-order valence-corrected chi connectivity index (χ1v) is 25.9. The van der Waals surface area contributed by atoms with Crippen molar-refractivity contribution in [3.63, 3.8) is 0 Å². The molecule has 1 fully saturated rings. The van der Waals surface area contributed by atoms with Crippen molar-refractivity contribution in [3.05, 3.63) is 207 Å². The Morgan fingerprint density at radius 1 is 0.506 bits per heavy atom. The summed E-state index contributed by atoms with van der Waals surface area (Å²) in [7, 11) is 0. The number of rotatable bonds is 11. The number of anilines is 1. The van der Waals surface area contributed by atoms with Gasteiger partial charge in [-0.05, 0) is 155 Å². The molecule has 14 nitrogen and oxygen atoms in total. The van der Waals surface area contributed by atoms with Crippen LogP contribution >= 0.6 is 0 Å². The highest BCUT2D eigenvalue weighted by atomic mass is 15.1. The van der Waals surface area contributed by atoms with E-state index in [2.05, 4.69) is 132 Å². The molecule has 0 bridgehead atoms. The van der Waals surface area contributed by atoms with Crippen molar-refractivity contribution in [2.24, 2.45) is 0 Å². The Balaban J connectivity index is 0.000000150. The number of hydrogen-bond donors (Lipinski definition) is 5. The van der Waals surface area contributed by atoms with E-state index in [-0.39, 0.29) is 0 Å². The molecular weight excluding hydrogens is 953 g/mol. The second kappa shape index (κ2) is 21.5. The Kier molecular flexibility index (Phi) is 13.4. The number of H-pyrrole nitrogens is 4. The first-order valence-electron chi connectivity index (χ1n) is 25.9. The number of pyridine rings is 6. The Morgan fingerprint density at radius 3 is 1.60 bits per heavy atom. The third-order valence-corrected chi connectivity index (χ3v) is 13.9. The van der Waals surface area contributed by atoms with Crippen molar-refractivity contribution < 1.29 is 0 Å². The molecule has 376 valence electrons. The van der Waals surface area contributed by atoms with Crippen LogP contribution in [0.4, 0.5) is 5.69 Å². The average molecular weight is 1010 g/mol. The van der Waals surface area contributed by atoms with E-state index < -0.39 is 0 Å². The number of likely N-dealkylation sites (tertiary alicyclic amines) is 1. The average Bonchev–Trinajstić information content (AvgIpc) is 4.38. The fourth-order valence-corrected chi connectivity index (χ4v) is 10.2. The van der Waals surface area contributed by atoms with Crippen LogP contribution in [0.25, 0.3) is 117 Å². The molecule has 0 aliphatic carbocycles. The monoisotopic (exact) mass is 1010 g/mol. The summed E-state index contributed by atoms with van der Waals surface area (Å²) >= 11 is 0. The van der Waals surface area contributed by atoms with E-state index in [1.165, 1.54) is 31.5 Å². The van der Waals surface area contributed by atoms with Crippen molar-refractivity contribution in [1.82, 2.24) is 65.2 Å². The van der Waals surface area contributed by atoms with Gasteiger partial charge in [-0.15, -0.1) is 0 Å². The maximum absolute atomic E-state index is 4.67. The van der Waals surface area contributed by atoms with Crippen molar-refractivity contribution in [3.8, 4) is 67.3 Å². The second-order valence-corrected chi connectivity index (χ2v) is 18.7. The smallest absolute Gasteiger partial charge is 0.138 e. The quantitative estimate of drug-likeness (QED) is 0.0836. The molecule has 1 aliphatic rings. The molecule has 14 heteroatoms. The molecule has 0 radical (unpaired) electrons. The lowest BCUT2D eigenvalue weighted by Crippen LogP contribution is -2.18. The van der Waals surface area contributed by atoms with Crippen LogP contribution in [0, 0.1) is 0 Å². The van der Waals surface area contributed by atoms with Crippen molar-refractivity contribution in [2.75, 3.05) is 18.4 Å². The fourth-order valence-electron chi connectivity index (χ4n) is 10.2. The van der Waals surface area contributed by atoms with Crippen LogP contribution < -0.4 is 5.32 Å². The van der Waals surface area contributed by atoms with Gasteiger partial charge in [0.1, 0.15) is 22.7 Å². The van der Waals surface area contributed by atoms with Gasteiger partial charge in [0.25, 0.3) is 0 Å². The van der Waals surface area contributed by atoms with Crippen LogP contribution in [0.5, 0.6) is 0 Å². The summed E-state index contributed by atoms with van der Waals surface area (Å²) < 4.78 is 0. The predicted molar refractivity (Wildman–Crippen MR) is 310 cm³/mol. The van der Waals surface area contributed by atoms with Gasteiger partial charge in [-0.3, -0.25) is 35.0 Å². The standard InChI is InChI=1S/C32H23N7.C29H25N7.C2H6/c1-20(21-5-3-2-4-6-21)36-25-15-24(18-34-19-25)23-7-8-29-28(16-23)31(39-38-29)30-17-27-26(11-14-35-32(27)37-30)22-9-12-33-13-10-22;1-2-12-36(11-1)18-19-13-22(17-31-16-19)21-3-4-26-25(14-21)28(35-34-26)27-15-24-23(7-10-32-29(24)33-27)20-5-8-30-9-6-20;1-2/h2-19,36H,1H2,(H,35,37)(H,38,39);3-10,13-17H,1-2,11-12,18H2,(H,32,33)(H,34,35);1-2H3. The third-order valence-electron chi connectivity index (χ3n) is 13.9. The summed E-state index contributed by atoms with van der Waals surface area (Å²) in [6.45, 7) is 11.5. The molecule has 0 spiro atoms. The summed E-state index contributed by atoms with van der Waals surface area (Å²) in [5, 5.41) is 23.2. The minimum absolute atomic E-state index is 0.813. The second-order valence-electron chi connectivity index (χ2n) is 18.7. The summed E-state index contributed by atoms with van der Waals surface area (Å²) in [5.41, 5.74) is 19.8. The zero-order valence-corrected chi connectivity index (χ0v) is 42.7. The molecule has 1 aliphatic heterocycles. The molecule has 77 heavy (non-hydrogen) atoms. The molecule has 14 rings (SSSR count).